The number of thioether (sulfide) groups is 1. The van der Waals surface area contributed by atoms with Gasteiger partial charge in [0.2, 0.25) is 5.91 Å². The number of carbonyl (C=O) groups is 2. The number of carbonyl (C=O) groups excluding carboxylic acids is 2. The second-order valence-corrected chi connectivity index (χ2v) is 9.33. The van der Waals surface area contributed by atoms with Crippen molar-refractivity contribution in [2.75, 3.05) is 11.1 Å². The van der Waals surface area contributed by atoms with Crippen LogP contribution in [0.1, 0.15) is 48.6 Å². The van der Waals surface area contributed by atoms with Gasteiger partial charge in [-0.1, -0.05) is 37.7 Å². The van der Waals surface area contributed by atoms with E-state index in [1.165, 1.54) is 48.2 Å². The number of nitrogens with one attached hydrogen (secondary N) is 2. The van der Waals surface area contributed by atoms with Crippen LogP contribution in [0.5, 0.6) is 0 Å². The van der Waals surface area contributed by atoms with Gasteiger partial charge < -0.3 is 15.2 Å². The van der Waals surface area contributed by atoms with Gasteiger partial charge in [-0.3, -0.25) is 19.7 Å². The summed E-state index contributed by atoms with van der Waals surface area (Å²) in [5.41, 5.74) is 1.14. The lowest BCUT2D eigenvalue weighted by molar-refractivity contribution is -0.384. The molecule has 2 amide bonds. The monoisotopic (exact) mass is 514 g/mol. The van der Waals surface area contributed by atoms with Crippen molar-refractivity contribution < 1.29 is 18.9 Å². The molecule has 2 aromatic carbocycles. The number of nitro benzene ring substituents is 1. The molecule has 0 aliphatic carbocycles. The minimum absolute atomic E-state index is 0.0282. The van der Waals surface area contributed by atoms with Crippen molar-refractivity contribution in [1.29, 1.82) is 0 Å². The van der Waals surface area contributed by atoms with Crippen molar-refractivity contribution in [3.63, 3.8) is 0 Å². The van der Waals surface area contributed by atoms with Crippen molar-refractivity contribution in [3.05, 3.63) is 75.3 Å². The number of halogens is 1. The van der Waals surface area contributed by atoms with E-state index in [4.69, 9.17) is 0 Å². The van der Waals surface area contributed by atoms with E-state index >= 15 is 0 Å². The zero-order valence-corrected chi connectivity index (χ0v) is 21.1. The van der Waals surface area contributed by atoms with E-state index in [0.29, 0.717) is 23.2 Å². The summed E-state index contributed by atoms with van der Waals surface area (Å²) in [6.45, 7) is 7.98. The van der Waals surface area contributed by atoms with E-state index in [0.717, 1.165) is 5.56 Å². The van der Waals surface area contributed by atoms with E-state index in [-0.39, 0.29) is 28.8 Å². The van der Waals surface area contributed by atoms with Crippen LogP contribution in [0.25, 0.3) is 0 Å². The number of rotatable bonds is 10. The first-order valence-electron chi connectivity index (χ1n) is 11.3. The first kappa shape index (κ1) is 26.8. The predicted octanol–water partition coefficient (Wildman–Crippen LogP) is 4.51. The summed E-state index contributed by atoms with van der Waals surface area (Å²) in [7, 11) is 0. The highest BCUT2D eigenvalue weighted by molar-refractivity contribution is 7.99. The molecule has 0 aliphatic rings. The molecule has 0 saturated heterocycles. The van der Waals surface area contributed by atoms with E-state index in [1.807, 2.05) is 25.3 Å². The van der Waals surface area contributed by atoms with Crippen LogP contribution in [0, 0.1) is 28.8 Å². The third kappa shape index (κ3) is 6.45. The smallest absolute Gasteiger partial charge is 0.270 e. The largest absolute Gasteiger partial charge is 0.342 e. The number of hydrogen-bond acceptors (Lipinski definition) is 7. The summed E-state index contributed by atoms with van der Waals surface area (Å²) in [5.74, 6) is -0.761. The molecule has 0 radical (unpaired) electrons. The van der Waals surface area contributed by atoms with Gasteiger partial charge >= 0.3 is 0 Å². The molecule has 1 atom stereocenters. The van der Waals surface area contributed by atoms with Crippen LogP contribution in [0.15, 0.2) is 47.6 Å². The van der Waals surface area contributed by atoms with Crippen LogP contribution < -0.4 is 10.6 Å². The molecule has 1 aromatic heterocycles. The van der Waals surface area contributed by atoms with Gasteiger partial charge in [0, 0.05) is 29.9 Å². The third-order valence-electron chi connectivity index (χ3n) is 5.42. The molecule has 3 aromatic rings. The maximum Gasteiger partial charge on any atom is 0.270 e. The van der Waals surface area contributed by atoms with Crippen LogP contribution in [0.4, 0.5) is 15.8 Å². The van der Waals surface area contributed by atoms with Gasteiger partial charge in [-0.25, -0.2) is 4.39 Å². The third-order valence-corrected chi connectivity index (χ3v) is 6.39. The molecule has 10 nitrogen and oxygen atoms in total. The van der Waals surface area contributed by atoms with Crippen LogP contribution in [-0.2, 0) is 11.3 Å². The van der Waals surface area contributed by atoms with E-state index in [1.54, 1.807) is 13.0 Å². The fourth-order valence-electron chi connectivity index (χ4n) is 3.49. The first-order chi connectivity index (χ1) is 17.1. The number of non-ortho nitro benzene ring substituents is 1. The lowest BCUT2D eigenvalue weighted by atomic mass is 10.0. The number of aryl methyl sites for hydroxylation is 1. The lowest BCUT2D eigenvalue weighted by Crippen LogP contribution is -2.33. The Morgan fingerprint density at radius 1 is 1.19 bits per heavy atom. The Kier molecular flexibility index (Phi) is 8.75. The molecule has 36 heavy (non-hydrogen) atoms. The average molecular weight is 515 g/mol. The minimum atomic E-state index is -0.556. The Balaban J connectivity index is 1.74. The number of nitro groups is 1. The highest BCUT2D eigenvalue weighted by Crippen LogP contribution is 2.26. The molecular weight excluding hydrogens is 487 g/mol. The van der Waals surface area contributed by atoms with Crippen molar-refractivity contribution in [1.82, 2.24) is 20.1 Å². The topological polar surface area (TPSA) is 132 Å². The maximum atomic E-state index is 13.5. The van der Waals surface area contributed by atoms with E-state index in [9.17, 15) is 24.1 Å². The number of benzene rings is 2. The number of nitrogens with zero attached hydrogens (tertiary/aromatic N) is 4. The maximum absolute atomic E-state index is 13.5. The van der Waals surface area contributed by atoms with Crippen LogP contribution in [-0.4, -0.2) is 37.3 Å². The molecule has 12 heteroatoms. The Morgan fingerprint density at radius 2 is 1.94 bits per heavy atom. The molecule has 3 rings (SSSR count). The molecule has 0 saturated carbocycles. The first-order valence-corrected chi connectivity index (χ1v) is 12.3. The molecule has 2 N–H and O–H groups in total. The SMILES string of the molecule is CCn1c(SCC(=O)Nc2cc(F)ccc2C)nnc1[C@H](NC(=O)c1cccc([N+](=O)[O-])c1)C(C)C. The number of anilines is 1. The summed E-state index contributed by atoms with van der Waals surface area (Å²) in [6.07, 6.45) is 0. The lowest BCUT2D eigenvalue weighted by Gasteiger charge is -2.22. The minimum Gasteiger partial charge on any atom is -0.342 e. The Hall–Kier alpha value is -3.80. The van der Waals surface area contributed by atoms with Crippen molar-refractivity contribution in [3.8, 4) is 0 Å². The molecule has 0 spiro atoms. The second-order valence-electron chi connectivity index (χ2n) is 8.38. The summed E-state index contributed by atoms with van der Waals surface area (Å²) < 4.78 is 15.3. The van der Waals surface area contributed by atoms with Crippen molar-refractivity contribution >= 4 is 35.0 Å². The van der Waals surface area contributed by atoms with Gasteiger partial charge in [0.05, 0.1) is 16.7 Å². The van der Waals surface area contributed by atoms with Crippen molar-refractivity contribution in [2.45, 2.75) is 45.4 Å². The summed E-state index contributed by atoms with van der Waals surface area (Å²) in [4.78, 5) is 35.8. The van der Waals surface area contributed by atoms with Crippen LogP contribution in [0.2, 0.25) is 0 Å². The van der Waals surface area contributed by atoms with Crippen LogP contribution in [0.3, 0.4) is 0 Å². The zero-order chi connectivity index (χ0) is 26.4. The fourth-order valence-corrected chi connectivity index (χ4v) is 4.30. The Morgan fingerprint density at radius 3 is 2.61 bits per heavy atom. The molecule has 1 heterocycles. The number of aromatic nitrogens is 3. The summed E-state index contributed by atoms with van der Waals surface area (Å²) in [5, 5.41) is 25.7. The molecule has 0 fully saturated rings. The average Bonchev–Trinajstić information content (AvgIpc) is 3.25. The van der Waals surface area contributed by atoms with E-state index < -0.39 is 22.7 Å². The summed E-state index contributed by atoms with van der Waals surface area (Å²) >= 11 is 1.18. The van der Waals surface area contributed by atoms with Gasteiger partial charge in [-0.05, 0) is 43.5 Å². The van der Waals surface area contributed by atoms with Gasteiger partial charge in [-0.15, -0.1) is 10.2 Å². The van der Waals surface area contributed by atoms with Gasteiger partial charge in [0.15, 0.2) is 11.0 Å². The van der Waals surface area contributed by atoms with Gasteiger partial charge in [0.25, 0.3) is 11.6 Å². The molecule has 0 aliphatic heterocycles. The molecule has 190 valence electrons. The number of hydrogen-bond donors (Lipinski definition) is 2. The second kappa shape index (κ2) is 11.8. The Bertz CT molecular complexity index is 1280. The number of amides is 2. The fraction of sp³-hybridized carbons (Fsp3) is 0.333. The summed E-state index contributed by atoms with van der Waals surface area (Å²) in [6, 6.07) is 9.16. The molecular formula is C24H27FN6O4S. The predicted molar refractivity (Wildman–Crippen MR) is 134 cm³/mol. The molecule has 0 unspecified atom stereocenters. The Labute approximate surface area is 211 Å². The highest BCUT2D eigenvalue weighted by atomic mass is 32.2. The quantitative estimate of drug-likeness (QED) is 0.231. The van der Waals surface area contributed by atoms with Gasteiger partial charge in [0.1, 0.15) is 5.82 Å². The van der Waals surface area contributed by atoms with E-state index in [2.05, 4.69) is 20.8 Å². The van der Waals surface area contributed by atoms with Crippen LogP contribution >= 0.6 is 11.8 Å². The normalized spacial score (nSPS) is 11.8. The molecule has 0 bridgehead atoms. The standard InChI is InChI=1S/C24H27FN6O4S/c1-5-30-22(21(14(2)3)27-23(33)16-7-6-8-18(11-16)31(34)35)28-29-24(30)36-13-20(32)26-19-12-17(25)10-9-15(19)4/h6-12,14,21H,5,13H2,1-4H3,(H,26,32)(H,27,33)/t21-/m1/s1. The van der Waals surface area contributed by atoms with Crippen molar-refractivity contribution in [2.24, 2.45) is 5.92 Å². The van der Waals surface area contributed by atoms with Gasteiger partial charge in [-0.2, -0.15) is 0 Å². The highest BCUT2D eigenvalue weighted by Gasteiger charge is 2.26. The zero-order valence-electron chi connectivity index (χ0n) is 20.3.